The Morgan fingerprint density at radius 1 is 0.629 bits per heavy atom. The Morgan fingerprint density at radius 3 is 1.51 bits per heavy atom. The molecule has 0 atom stereocenters. The van der Waals surface area contributed by atoms with Gasteiger partial charge in [0.15, 0.2) is 0 Å². The highest BCUT2D eigenvalue weighted by Gasteiger charge is 1.99. The molecule has 3 N–H and O–H groups in total. The molecule has 0 aromatic heterocycles. The Bertz CT molecular complexity index is 691. The summed E-state index contributed by atoms with van der Waals surface area (Å²) in [6, 6.07) is 0. The van der Waals surface area contributed by atoms with Crippen LogP contribution in [0.3, 0.4) is 0 Å². The average Bonchev–Trinajstić information content (AvgIpc) is 2.85. The lowest BCUT2D eigenvalue weighted by molar-refractivity contribution is -0.121. The summed E-state index contributed by atoms with van der Waals surface area (Å²) < 4.78 is 5.37. The van der Waals surface area contributed by atoms with Gasteiger partial charge < -0.3 is 20.7 Å². The molecule has 6 nitrogen and oxygen atoms in total. The summed E-state index contributed by atoms with van der Waals surface area (Å²) >= 11 is 0. The number of hydrogen-bond acceptors (Lipinski definition) is 4. The number of carbonyl (C=O) groups excluding carboxylic acids is 2. The van der Waals surface area contributed by atoms with Crippen LogP contribution in [0.1, 0.15) is 58.3 Å². The van der Waals surface area contributed by atoms with Crippen molar-refractivity contribution in [1.29, 1.82) is 0 Å². The van der Waals surface area contributed by atoms with Crippen molar-refractivity contribution in [3.8, 4) is 0 Å². The number of amides is 2. The molecule has 2 amide bonds. The monoisotopic (exact) mass is 485 g/mol. The molecule has 0 unspecified atom stereocenters. The van der Waals surface area contributed by atoms with Crippen LogP contribution >= 0.6 is 0 Å². The first-order chi connectivity index (χ1) is 17.2. The van der Waals surface area contributed by atoms with E-state index in [9.17, 15) is 9.59 Å². The molecular weight excluding hydrogens is 438 g/mol. The van der Waals surface area contributed by atoms with Crippen LogP contribution in [0.2, 0.25) is 0 Å². The number of rotatable bonds is 22. The van der Waals surface area contributed by atoms with Crippen LogP contribution in [0.15, 0.2) is 72.9 Å². The minimum atomic E-state index is -0.0567. The third-order valence-electron chi connectivity index (χ3n) is 4.61. The summed E-state index contributed by atoms with van der Waals surface area (Å²) in [5.41, 5.74) is 0. The maximum Gasteiger partial charge on any atom is 0.234 e. The van der Waals surface area contributed by atoms with Crippen LogP contribution in [0.5, 0.6) is 0 Å². The lowest BCUT2D eigenvalue weighted by Gasteiger charge is -2.07. The molecule has 35 heavy (non-hydrogen) atoms. The minimum Gasteiger partial charge on any atom is -0.378 e. The topological polar surface area (TPSA) is 79.5 Å². The van der Waals surface area contributed by atoms with Crippen LogP contribution in [0.25, 0.3) is 0 Å². The Kier molecular flexibility index (Phi) is 25.4. The van der Waals surface area contributed by atoms with Crippen LogP contribution in [-0.4, -0.2) is 51.7 Å². The van der Waals surface area contributed by atoms with Crippen molar-refractivity contribution in [1.82, 2.24) is 16.0 Å². The molecule has 0 aromatic carbocycles. The van der Waals surface area contributed by atoms with Crippen molar-refractivity contribution in [2.24, 2.45) is 0 Å². The van der Waals surface area contributed by atoms with Crippen molar-refractivity contribution < 1.29 is 14.3 Å². The zero-order valence-electron chi connectivity index (χ0n) is 21.8. The van der Waals surface area contributed by atoms with Crippen molar-refractivity contribution in [2.75, 3.05) is 39.9 Å². The molecule has 0 aromatic rings. The van der Waals surface area contributed by atoms with E-state index in [4.69, 9.17) is 4.74 Å². The summed E-state index contributed by atoms with van der Waals surface area (Å²) in [5, 5.41) is 8.34. The SMILES string of the molecule is CC/C=C\C/C=C\C/C=C\C/C=C\C/C=C\C/C=C\CCC(=O)NCCOCCNC(=O)CNC. The van der Waals surface area contributed by atoms with Crippen molar-refractivity contribution in [2.45, 2.75) is 58.3 Å². The Labute approximate surface area is 213 Å². The molecule has 0 radical (unpaired) electrons. The molecule has 0 saturated heterocycles. The van der Waals surface area contributed by atoms with Gasteiger partial charge in [0.2, 0.25) is 11.8 Å². The van der Waals surface area contributed by atoms with Gasteiger partial charge in [0.25, 0.3) is 0 Å². The summed E-state index contributed by atoms with van der Waals surface area (Å²) in [5.74, 6) is -0.0331. The molecule has 0 heterocycles. The summed E-state index contributed by atoms with van der Waals surface area (Å²) in [6.07, 6.45) is 33.2. The fourth-order valence-corrected chi connectivity index (χ4v) is 2.79. The highest BCUT2D eigenvalue weighted by atomic mass is 16.5. The Balaban J connectivity index is 3.53. The first-order valence-electron chi connectivity index (χ1n) is 12.9. The van der Waals surface area contributed by atoms with E-state index >= 15 is 0 Å². The van der Waals surface area contributed by atoms with Gasteiger partial charge in [-0.25, -0.2) is 0 Å². The standard InChI is InChI=1S/C29H47N3O3/c1-3-4-5-6-7-8-9-10-11-12-13-14-15-16-17-18-19-20-21-22-28(33)31-23-25-35-26-24-32-29(34)27-30-2/h4-5,7-8,10-11,13-14,16-17,19-20,30H,3,6,9,12,15,18,21-27H2,1-2H3,(H,31,33)(H,32,34)/b5-4-,8-7-,11-10-,14-13-,17-16-,20-19-. The summed E-state index contributed by atoms with van der Waals surface area (Å²) in [4.78, 5) is 23.0. The minimum absolute atomic E-state index is 0.0236. The first kappa shape index (κ1) is 32.3. The zero-order chi connectivity index (χ0) is 25.7. The molecular formula is C29H47N3O3. The van der Waals surface area contributed by atoms with Gasteiger partial charge in [0.1, 0.15) is 0 Å². The number of ether oxygens (including phenoxy) is 1. The van der Waals surface area contributed by atoms with Gasteiger partial charge in [-0.2, -0.15) is 0 Å². The molecule has 0 aliphatic rings. The quantitative estimate of drug-likeness (QED) is 0.150. The smallest absolute Gasteiger partial charge is 0.234 e. The van der Waals surface area contributed by atoms with Crippen molar-refractivity contribution in [3.63, 3.8) is 0 Å². The van der Waals surface area contributed by atoms with E-state index in [2.05, 4.69) is 89.7 Å². The maximum atomic E-state index is 11.8. The summed E-state index contributed by atoms with van der Waals surface area (Å²) in [7, 11) is 1.72. The molecule has 0 fully saturated rings. The molecule has 0 aliphatic carbocycles. The fourth-order valence-electron chi connectivity index (χ4n) is 2.79. The molecule has 6 heteroatoms. The van der Waals surface area contributed by atoms with Gasteiger partial charge >= 0.3 is 0 Å². The van der Waals surface area contributed by atoms with Gasteiger partial charge in [0.05, 0.1) is 19.8 Å². The largest absolute Gasteiger partial charge is 0.378 e. The number of likely N-dealkylation sites (N-methyl/N-ethyl adjacent to an activating group) is 1. The van der Waals surface area contributed by atoms with E-state index < -0.39 is 0 Å². The van der Waals surface area contributed by atoms with Crippen molar-refractivity contribution in [3.05, 3.63) is 72.9 Å². The fraction of sp³-hybridized carbons (Fsp3) is 0.517. The van der Waals surface area contributed by atoms with Crippen molar-refractivity contribution >= 4 is 11.8 Å². The second-order valence-electron chi connectivity index (χ2n) is 7.80. The third kappa shape index (κ3) is 27.4. The molecule has 0 saturated carbocycles. The maximum absolute atomic E-state index is 11.8. The molecule has 196 valence electrons. The predicted molar refractivity (Wildman–Crippen MR) is 148 cm³/mol. The Hall–Kier alpha value is -2.70. The van der Waals surface area contributed by atoms with Crippen LogP contribution in [0, 0.1) is 0 Å². The van der Waals surface area contributed by atoms with E-state index in [-0.39, 0.29) is 11.8 Å². The van der Waals surface area contributed by atoms with E-state index in [0.29, 0.717) is 39.3 Å². The zero-order valence-corrected chi connectivity index (χ0v) is 21.8. The van der Waals surface area contributed by atoms with Gasteiger partial charge in [0, 0.05) is 19.5 Å². The average molecular weight is 486 g/mol. The van der Waals surface area contributed by atoms with E-state index in [1.807, 2.05) is 6.08 Å². The van der Waals surface area contributed by atoms with Crippen LogP contribution in [-0.2, 0) is 14.3 Å². The van der Waals surface area contributed by atoms with Gasteiger partial charge in [-0.3, -0.25) is 9.59 Å². The molecule has 0 rings (SSSR count). The third-order valence-corrected chi connectivity index (χ3v) is 4.61. The van der Waals surface area contributed by atoms with Gasteiger partial charge in [-0.15, -0.1) is 0 Å². The number of allylic oxidation sites excluding steroid dienone is 12. The lowest BCUT2D eigenvalue weighted by atomic mass is 10.2. The van der Waals surface area contributed by atoms with Crippen LogP contribution < -0.4 is 16.0 Å². The van der Waals surface area contributed by atoms with Crippen LogP contribution in [0.4, 0.5) is 0 Å². The highest BCUT2D eigenvalue weighted by molar-refractivity contribution is 5.77. The summed E-state index contributed by atoms with van der Waals surface area (Å²) in [6.45, 7) is 4.27. The number of hydrogen-bond donors (Lipinski definition) is 3. The predicted octanol–water partition coefficient (Wildman–Crippen LogP) is 4.93. The Morgan fingerprint density at radius 2 is 1.06 bits per heavy atom. The second kappa shape index (κ2) is 27.5. The lowest BCUT2D eigenvalue weighted by Crippen LogP contribution is -2.34. The van der Waals surface area contributed by atoms with E-state index in [1.165, 1.54) is 0 Å². The first-order valence-corrected chi connectivity index (χ1v) is 12.9. The second-order valence-corrected chi connectivity index (χ2v) is 7.80. The van der Waals surface area contributed by atoms with Gasteiger partial charge in [-0.1, -0.05) is 79.8 Å². The van der Waals surface area contributed by atoms with E-state index in [0.717, 1.165) is 44.9 Å². The van der Waals surface area contributed by atoms with E-state index in [1.54, 1.807) is 7.05 Å². The highest BCUT2D eigenvalue weighted by Crippen LogP contribution is 1.97. The molecule has 0 spiro atoms. The molecule has 0 bridgehead atoms. The normalized spacial score (nSPS) is 12.4. The number of carbonyl (C=O) groups is 2. The van der Waals surface area contributed by atoms with Gasteiger partial charge in [-0.05, 0) is 52.0 Å². The number of nitrogens with one attached hydrogen (secondary N) is 3. The molecule has 0 aliphatic heterocycles.